The average molecular weight is 323 g/mol. The molecule has 0 aromatic heterocycles. The summed E-state index contributed by atoms with van der Waals surface area (Å²) in [6.45, 7) is 3.53. The van der Waals surface area contributed by atoms with E-state index in [1.165, 1.54) is 12.0 Å². The summed E-state index contributed by atoms with van der Waals surface area (Å²) in [5.74, 6) is 0.740. The zero-order chi connectivity index (χ0) is 11.5. The number of phenolic OH excluding ortho intramolecular Hbond substituents is 1. The lowest BCUT2D eigenvalue weighted by Gasteiger charge is -2.14. The van der Waals surface area contributed by atoms with E-state index in [-0.39, 0.29) is 18.2 Å². The Kier molecular flexibility index (Phi) is 5.56. The minimum Gasteiger partial charge on any atom is -0.503 e. The van der Waals surface area contributed by atoms with Gasteiger partial charge in [-0.1, -0.05) is 0 Å². The van der Waals surface area contributed by atoms with E-state index in [1.54, 1.807) is 0 Å². The molecule has 1 fully saturated rings. The van der Waals surface area contributed by atoms with E-state index in [1.807, 2.05) is 19.1 Å². The summed E-state index contributed by atoms with van der Waals surface area (Å²) in [6.07, 6.45) is 2.34. The van der Waals surface area contributed by atoms with Gasteiger partial charge in [-0.15, -0.1) is 12.4 Å². The smallest absolute Gasteiger partial charge is 0.172 e. The summed E-state index contributed by atoms with van der Waals surface area (Å²) in [7, 11) is 0. The lowest BCUT2D eigenvalue weighted by atomic mass is 10.0. The van der Waals surface area contributed by atoms with Crippen molar-refractivity contribution in [3.05, 3.63) is 22.2 Å². The van der Waals surface area contributed by atoms with Crippen LogP contribution in [0.25, 0.3) is 0 Å². The van der Waals surface area contributed by atoms with Crippen LogP contribution in [0.4, 0.5) is 0 Å². The lowest BCUT2D eigenvalue weighted by molar-refractivity contribution is 0.316. The largest absolute Gasteiger partial charge is 0.503 e. The summed E-state index contributed by atoms with van der Waals surface area (Å²) >= 11 is 3.36. The molecule has 1 aromatic rings. The van der Waals surface area contributed by atoms with Crippen molar-refractivity contribution in [2.45, 2.75) is 25.8 Å². The normalized spacial score (nSPS) is 18.8. The number of nitrogens with one attached hydrogen (secondary N) is 1. The maximum absolute atomic E-state index is 9.80. The van der Waals surface area contributed by atoms with E-state index in [2.05, 4.69) is 21.2 Å². The molecule has 17 heavy (non-hydrogen) atoms. The van der Waals surface area contributed by atoms with E-state index in [4.69, 9.17) is 4.74 Å². The summed E-state index contributed by atoms with van der Waals surface area (Å²) in [5.41, 5.74) is 1.17. The van der Waals surface area contributed by atoms with Crippen molar-refractivity contribution in [2.24, 2.45) is 0 Å². The maximum Gasteiger partial charge on any atom is 0.172 e. The molecule has 0 saturated carbocycles. The van der Waals surface area contributed by atoms with Gasteiger partial charge in [0.2, 0.25) is 0 Å². The fraction of sp³-hybridized carbons (Fsp3) is 0.500. The second-order valence-corrected chi connectivity index (χ2v) is 4.79. The van der Waals surface area contributed by atoms with Gasteiger partial charge in [-0.3, -0.25) is 0 Å². The Labute approximate surface area is 116 Å². The molecule has 1 heterocycles. The van der Waals surface area contributed by atoms with E-state index in [0.29, 0.717) is 22.9 Å². The molecular formula is C12H17BrClNO2. The average Bonchev–Trinajstić information content (AvgIpc) is 2.78. The van der Waals surface area contributed by atoms with Gasteiger partial charge < -0.3 is 15.2 Å². The number of ether oxygens (including phenoxy) is 1. The molecule has 0 radical (unpaired) electrons. The van der Waals surface area contributed by atoms with Gasteiger partial charge in [0, 0.05) is 6.04 Å². The first-order valence-electron chi connectivity index (χ1n) is 5.61. The molecule has 0 amide bonds. The Morgan fingerprint density at radius 3 is 2.88 bits per heavy atom. The molecule has 1 saturated heterocycles. The van der Waals surface area contributed by atoms with Crippen LogP contribution in [0.2, 0.25) is 0 Å². The van der Waals surface area contributed by atoms with Gasteiger partial charge in [0.25, 0.3) is 0 Å². The molecule has 0 spiro atoms. The number of halogens is 2. The van der Waals surface area contributed by atoms with Crippen molar-refractivity contribution >= 4 is 28.3 Å². The van der Waals surface area contributed by atoms with E-state index in [0.717, 1.165) is 13.0 Å². The highest BCUT2D eigenvalue weighted by molar-refractivity contribution is 9.10. The van der Waals surface area contributed by atoms with Crippen LogP contribution in [-0.2, 0) is 0 Å². The zero-order valence-electron chi connectivity index (χ0n) is 9.70. The molecule has 3 nitrogen and oxygen atoms in total. The molecule has 2 rings (SSSR count). The zero-order valence-corrected chi connectivity index (χ0v) is 12.1. The lowest BCUT2D eigenvalue weighted by Crippen LogP contribution is -2.13. The number of benzene rings is 1. The second-order valence-electron chi connectivity index (χ2n) is 3.93. The molecule has 5 heteroatoms. The predicted octanol–water partition coefficient (Wildman–Crippen LogP) is 3.40. The van der Waals surface area contributed by atoms with Crippen LogP contribution in [0.15, 0.2) is 16.6 Å². The number of aromatic hydroxyl groups is 1. The van der Waals surface area contributed by atoms with Crippen molar-refractivity contribution < 1.29 is 9.84 Å². The van der Waals surface area contributed by atoms with Crippen LogP contribution in [-0.4, -0.2) is 18.3 Å². The van der Waals surface area contributed by atoms with Gasteiger partial charge in [0.15, 0.2) is 11.5 Å². The molecule has 1 aliphatic rings. The topological polar surface area (TPSA) is 41.5 Å². The fourth-order valence-corrected chi connectivity index (χ4v) is 2.49. The van der Waals surface area contributed by atoms with Crippen molar-refractivity contribution in [1.82, 2.24) is 5.32 Å². The Bertz CT molecular complexity index is 381. The highest BCUT2D eigenvalue weighted by Gasteiger charge is 2.19. The number of rotatable bonds is 3. The highest BCUT2D eigenvalue weighted by Crippen LogP contribution is 2.38. The highest BCUT2D eigenvalue weighted by atomic mass is 79.9. The number of phenols is 1. The van der Waals surface area contributed by atoms with Gasteiger partial charge in [-0.05, 0) is 59.9 Å². The SMILES string of the molecule is CCOc1cc([C@@H]2CCCN2)cc(Br)c1O.Cl. The summed E-state index contributed by atoms with van der Waals surface area (Å²) in [4.78, 5) is 0. The minimum absolute atomic E-state index is 0. The van der Waals surface area contributed by atoms with Crippen LogP contribution < -0.4 is 10.1 Å². The van der Waals surface area contributed by atoms with E-state index in [9.17, 15) is 5.11 Å². The Hall–Kier alpha value is -0.450. The third-order valence-corrected chi connectivity index (χ3v) is 3.42. The van der Waals surface area contributed by atoms with Gasteiger partial charge >= 0.3 is 0 Å². The first-order chi connectivity index (χ1) is 7.72. The van der Waals surface area contributed by atoms with E-state index >= 15 is 0 Å². The molecule has 0 aliphatic carbocycles. The molecule has 1 aromatic carbocycles. The molecule has 1 aliphatic heterocycles. The molecule has 96 valence electrons. The van der Waals surface area contributed by atoms with Crippen LogP contribution in [0.1, 0.15) is 31.4 Å². The van der Waals surface area contributed by atoms with Gasteiger partial charge in [0.1, 0.15) is 0 Å². The maximum atomic E-state index is 9.80. The summed E-state index contributed by atoms with van der Waals surface area (Å²) in [5, 5.41) is 13.2. The molecule has 1 atom stereocenters. The van der Waals surface area contributed by atoms with Crippen LogP contribution >= 0.6 is 28.3 Å². The predicted molar refractivity (Wildman–Crippen MR) is 74.2 cm³/mol. The Morgan fingerprint density at radius 1 is 1.53 bits per heavy atom. The Balaban J connectivity index is 0.00000144. The first-order valence-corrected chi connectivity index (χ1v) is 6.40. The third-order valence-electron chi connectivity index (χ3n) is 2.81. The number of hydrogen-bond acceptors (Lipinski definition) is 3. The van der Waals surface area contributed by atoms with Crippen molar-refractivity contribution in [1.29, 1.82) is 0 Å². The molecule has 2 N–H and O–H groups in total. The molecule has 0 bridgehead atoms. The van der Waals surface area contributed by atoms with Crippen molar-refractivity contribution in [3.63, 3.8) is 0 Å². The van der Waals surface area contributed by atoms with Gasteiger partial charge in [-0.25, -0.2) is 0 Å². The molecular weight excluding hydrogens is 305 g/mol. The van der Waals surface area contributed by atoms with Gasteiger partial charge in [-0.2, -0.15) is 0 Å². The quantitative estimate of drug-likeness (QED) is 0.896. The summed E-state index contributed by atoms with van der Waals surface area (Å²) in [6, 6.07) is 4.27. The first kappa shape index (κ1) is 14.6. The third kappa shape index (κ3) is 3.27. The van der Waals surface area contributed by atoms with Crippen molar-refractivity contribution in [3.8, 4) is 11.5 Å². The fourth-order valence-electron chi connectivity index (χ4n) is 2.03. The van der Waals surface area contributed by atoms with Crippen LogP contribution in [0, 0.1) is 0 Å². The van der Waals surface area contributed by atoms with Crippen LogP contribution in [0.5, 0.6) is 11.5 Å². The standard InChI is InChI=1S/C12H16BrNO2.ClH/c1-2-16-11-7-8(6-9(13)12(11)15)10-4-3-5-14-10;/h6-7,10,14-15H,2-5H2,1H3;1H/t10-;/m0./s1. The van der Waals surface area contributed by atoms with E-state index < -0.39 is 0 Å². The Morgan fingerprint density at radius 2 is 2.29 bits per heavy atom. The van der Waals surface area contributed by atoms with Crippen molar-refractivity contribution in [2.75, 3.05) is 13.2 Å². The monoisotopic (exact) mass is 321 g/mol. The number of hydrogen-bond donors (Lipinski definition) is 2. The molecule has 0 unspecified atom stereocenters. The minimum atomic E-state index is 0. The summed E-state index contributed by atoms with van der Waals surface area (Å²) < 4.78 is 6.11. The van der Waals surface area contributed by atoms with Crippen LogP contribution in [0.3, 0.4) is 0 Å². The second kappa shape index (κ2) is 6.47. The van der Waals surface area contributed by atoms with Gasteiger partial charge in [0.05, 0.1) is 11.1 Å².